The molecule has 1 aliphatic heterocycles. The van der Waals surface area contributed by atoms with Crippen molar-refractivity contribution in [3.63, 3.8) is 0 Å². The van der Waals surface area contributed by atoms with E-state index in [0.29, 0.717) is 56.1 Å². The third-order valence-electron chi connectivity index (χ3n) is 6.64. The standard InChI is InChI=1S/C27H39ClO7/c1-19(2)35-26(31)11-6-4-3-5-10-22-23(25(30)17-24(22)29)12-13-27(33-14-15-34-27)18-32-21-9-7-8-20(28)16-21/h3,5,7-9,16,19,22-25,29-30H,4,6,10-15,17-18H2,1-2H3/b5-3-/t22-,23-,24+,25-/m1/s1. The Balaban J connectivity index is 1.48. The van der Waals surface area contributed by atoms with Crippen LogP contribution in [-0.2, 0) is 19.0 Å². The largest absolute Gasteiger partial charge is 0.488 e. The molecule has 3 rings (SSSR count). The van der Waals surface area contributed by atoms with Gasteiger partial charge in [0.25, 0.3) is 0 Å². The average Bonchev–Trinajstić information content (AvgIpc) is 3.37. The number of aliphatic hydroxyl groups is 2. The average molecular weight is 511 g/mol. The summed E-state index contributed by atoms with van der Waals surface area (Å²) in [6.45, 7) is 4.89. The van der Waals surface area contributed by atoms with Crippen molar-refractivity contribution >= 4 is 17.6 Å². The highest BCUT2D eigenvalue weighted by Gasteiger charge is 2.44. The number of rotatable bonds is 13. The molecule has 0 aromatic heterocycles. The van der Waals surface area contributed by atoms with Gasteiger partial charge < -0.3 is 29.2 Å². The first-order chi connectivity index (χ1) is 16.8. The van der Waals surface area contributed by atoms with Crippen molar-refractivity contribution in [2.45, 2.75) is 82.9 Å². The second kappa shape index (κ2) is 13.6. The number of carbonyl (C=O) groups is 1. The molecular weight excluding hydrogens is 472 g/mol. The summed E-state index contributed by atoms with van der Waals surface area (Å²) in [6.07, 6.45) is 7.03. The molecule has 0 bridgehead atoms. The molecule has 7 nitrogen and oxygen atoms in total. The van der Waals surface area contributed by atoms with Gasteiger partial charge in [-0.3, -0.25) is 4.79 Å². The molecule has 1 aromatic rings. The van der Waals surface area contributed by atoms with Gasteiger partial charge in [0, 0.05) is 17.9 Å². The Morgan fingerprint density at radius 1 is 1.20 bits per heavy atom. The zero-order chi connectivity index (χ0) is 25.3. The molecule has 4 atom stereocenters. The number of carbonyl (C=O) groups excluding carboxylic acids is 1. The third-order valence-corrected chi connectivity index (χ3v) is 6.88. The second-order valence-corrected chi connectivity index (χ2v) is 10.2. The Labute approximate surface area is 213 Å². The highest BCUT2D eigenvalue weighted by molar-refractivity contribution is 6.30. The molecule has 0 radical (unpaired) electrons. The maximum absolute atomic E-state index is 11.6. The first kappa shape index (κ1) is 27.9. The normalized spacial score (nSPS) is 26.0. The summed E-state index contributed by atoms with van der Waals surface area (Å²) < 4.78 is 22.9. The van der Waals surface area contributed by atoms with E-state index in [4.69, 9.17) is 30.5 Å². The number of hydrogen-bond donors (Lipinski definition) is 2. The van der Waals surface area contributed by atoms with Gasteiger partial charge in [-0.15, -0.1) is 0 Å². The van der Waals surface area contributed by atoms with Crippen molar-refractivity contribution in [1.82, 2.24) is 0 Å². The molecular formula is C27H39ClO7. The van der Waals surface area contributed by atoms with Crippen LogP contribution < -0.4 is 4.74 Å². The topological polar surface area (TPSA) is 94.5 Å². The van der Waals surface area contributed by atoms with E-state index >= 15 is 0 Å². The summed E-state index contributed by atoms with van der Waals surface area (Å²) in [4.78, 5) is 11.6. The van der Waals surface area contributed by atoms with Gasteiger partial charge >= 0.3 is 5.97 Å². The van der Waals surface area contributed by atoms with E-state index in [2.05, 4.69) is 0 Å². The third kappa shape index (κ3) is 8.76. The molecule has 1 heterocycles. The minimum Gasteiger partial charge on any atom is -0.488 e. The molecule has 1 aliphatic carbocycles. The fourth-order valence-corrected chi connectivity index (χ4v) is 5.08. The summed E-state index contributed by atoms with van der Waals surface area (Å²) in [5.74, 6) is -0.508. The molecule has 196 valence electrons. The number of unbranched alkanes of at least 4 members (excludes halogenated alkanes) is 1. The van der Waals surface area contributed by atoms with Gasteiger partial charge in [-0.25, -0.2) is 0 Å². The van der Waals surface area contributed by atoms with E-state index in [1.54, 1.807) is 12.1 Å². The van der Waals surface area contributed by atoms with Gasteiger partial charge in [0.15, 0.2) is 0 Å². The van der Waals surface area contributed by atoms with Crippen molar-refractivity contribution in [3.05, 3.63) is 41.4 Å². The van der Waals surface area contributed by atoms with Crippen LogP contribution >= 0.6 is 11.6 Å². The van der Waals surface area contributed by atoms with Crippen molar-refractivity contribution < 1.29 is 34.0 Å². The summed E-state index contributed by atoms with van der Waals surface area (Å²) in [6, 6.07) is 7.19. The Morgan fingerprint density at radius 3 is 2.66 bits per heavy atom. The van der Waals surface area contributed by atoms with Crippen molar-refractivity contribution in [2.75, 3.05) is 19.8 Å². The minimum atomic E-state index is -0.874. The fourth-order valence-electron chi connectivity index (χ4n) is 4.90. The van der Waals surface area contributed by atoms with E-state index in [9.17, 15) is 15.0 Å². The van der Waals surface area contributed by atoms with Crippen LogP contribution in [-0.4, -0.2) is 60.1 Å². The zero-order valence-electron chi connectivity index (χ0n) is 20.7. The van der Waals surface area contributed by atoms with Gasteiger partial charge in [0.1, 0.15) is 12.4 Å². The maximum atomic E-state index is 11.6. The molecule has 1 saturated carbocycles. The summed E-state index contributed by atoms with van der Waals surface area (Å²) >= 11 is 6.05. The highest BCUT2D eigenvalue weighted by atomic mass is 35.5. The predicted molar refractivity (Wildman–Crippen MR) is 133 cm³/mol. The van der Waals surface area contributed by atoms with Gasteiger partial charge in [-0.1, -0.05) is 29.8 Å². The number of halogens is 1. The summed E-state index contributed by atoms with van der Waals surface area (Å²) in [5, 5.41) is 21.8. The molecule has 2 fully saturated rings. The zero-order valence-corrected chi connectivity index (χ0v) is 21.5. The molecule has 2 aliphatic rings. The molecule has 0 amide bonds. The molecule has 0 unspecified atom stereocenters. The lowest BCUT2D eigenvalue weighted by molar-refractivity contribution is -0.185. The second-order valence-electron chi connectivity index (χ2n) is 9.73. The Morgan fingerprint density at radius 2 is 1.94 bits per heavy atom. The van der Waals surface area contributed by atoms with Gasteiger partial charge in [-0.05, 0) is 76.0 Å². The van der Waals surface area contributed by atoms with Crippen LogP contribution in [0.5, 0.6) is 5.75 Å². The molecule has 2 N–H and O–H groups in total. The van der Waals surface area contributed by atoms with Gasteiger partial charge in [0.2, 0.25) is 5.79 Å². The number of esters is 1. The van der Waals surface area contributed by atoms with Crippen LogP contribution in [0.25, 0.3) is 0 Å². The van der Waals surface area contributed by atoms with Gasteiger partial charge in [-0.2, -0.15) is 0 Å². The lowest BCUT2D eigenvalue weighted by Gasteiger charge is -2.30. The maximum Gasteiger partial charge on any atom is 0.306 e. The van der Waals surface area contributed by atoms with E-state index < -0.39 is 18.0 Å². The molecule has 1 saturated heterocycles. The number of benzene rings is 1. The summed E-state index contributed by atoms with van der Waals surface area (Å²) in [5.41, 5.74) is 0. The SMILES string of the molecule is CC(C)OC(=O)CCC/C=C\C[C@@H]1[C@@H](CCC2(COc3cccc(Cl)c3)OCCO2)[C@H](O)C[C@@H]1O. The lowest BCUT2D eigenvalue weighted by atomic mass is 9.85. The fraction of sp³-hybridized carbons (Fsp3) is 0.667. The van der Waals surface area contributed by atoms with Crippen LogP contribution in [0.1, 0.15) is 58.8 Å². The Bertz CT molecular complexity index is 822. The Hall–Kier alpha value is -1.64. The van der Waals surface area contributed by atoms with E-state index in [1.807, 2.05) is 38.1 Å². The number of hydrogen-bond acceptors (Lipinski definition) is 7. The Kier molecular flexibility index (Phi) is 10.9. The van der Waals surface area contributed by atoms with Crippen molar-refractivity contribution in [1.29, 1.82) is 0 Å². The minimum absolute atomic E-state index is 0.0422. The first-order valence-electron chi connectivity index (χ1n) is 12.6. The van der Waals surface area contributed by atoms with Crippen molar-refractivity contribution in [3.8, 4) is 5.75 Å². The van der Waals surface area contributed by atoms with Gasteiger partial charge in [0.05, 0.1) is 31.5 Å². The molecule has 35 heavy (non-hydrogen) atoms. The van der Waals surface area contributed by atoms with E-state index in [-0.39, 0.29) is 30.5 Å². The van der Waals surface area contributed by atoms with Crippen LogP contribution in [0.4, 0.5) is 0 Å². The van der Waals surface area contributed by atoms with Crippen LogP contribution in [0.3, 0.4) is 0 Å². The van der Waals surface area contributed by atoms with Crippen LogP contribution in [0.15, 0.2) is 36.4 Å². The first-order valence-corrected chi connectivity index (χ1v) is 13.0. The number of ether oxygens (including phenoxy) is 4. The van der Waals surface area contributed by atoms with E-state index in [1.165, 1.54) is 0 Å². The molecule has 0 spiro atoms. The monoisotopic (exact) mass is 510 g/mol. The van der Waals surface area contributed by atoms with E-state index in [0.717, 1.165) is 12.8 Å². The predicted octanol–water partition coefficient (Wildman–Crippen LogP) is 4.67. The molecule has 1 aromatic carbocycles. The summed E-state index contributed by atoms with van der Waals surface area (Å²) in [7, 11) is 0. The smallest absolute Gasteiger partial charge is 0.306 e. The lowest BCUT2D eigenvalue weighted by Crippen LogP contribution is -2.38. The quantitative estimate of drug-likeness (QED) is 0.226. The number of aliphatic hydroxyl groups excluding tert-OH is 2. The molecule has 8 heteroatoms. The highest BCUT2D eigenvalue weighted by Crippen LogP contribution is 2.40. The van der Waals surface area contributed by atoms with Crippen LogP contribution in [0.2, 0.25) is 5.02 Å². The van der Waals surface area contributed by atoms with Crippen molar-refractivity contribution in [2.24, 2.45) is 11.8 Å². The van der Waals surface area contributed by atoms with Crippen LogP contribution in [0, 0.1) is 11.8 Å². The number of allylic oxidation sites excluding steroid dienone is 2.